The second-order valence-corrected chi connectivity index (χ2v) is 7.43. The molecule has 1 unspecified atom stereocenters. The van der Waals surface area contributed by atoms with Crippen molar-refractivity contribution in [2.45, 2.75) is 33.1 Å². The van der Waals surface area contributed by atoms with Gasteiger partial charge in [-0.25, -0.2) is 0 Å². The van der Waals surface area contributed by atoms with Crippen LogP contribution < -0.4 is 5.32 Å². The Morgan fingerprint density at radius 2 is 2.13 bits per heavy atom. The summed E-state index contributed by atoms with van der Waals surface area (Å²) in [6.07, 6.45) is 6.94. The number of allylic oxidation sites excluding steroid dienone is 1. The molecule has 0 spiro atoms. The predicted octanol–water partition coefficient (Wildman–Crippen LogP) is 4.56. The standard InChI is InChI=1S/C20H22N2O/c1-20(2)15-9-8-14(16(20)12-15)11-18(23)22-17-7-3-5-13-6-4-10-21-19(13)17/h3-8,10,15-16H,9,11-12H2,1-2H3,(H,22,23)/t15?,16-/m0/s1. The van der Waals surface area contributed by atoms with Crippen LogP contribution >= 0.6 is 0 Å². The van der Waals surface area contributed by atoms with Crippen molar-refractivity contribution in [1.82, 2.24) is 4.98 Å². The Labute approximate surface area is 136 Å². The molecule has 0 radical (unpaired) electrons. The van der Waals surface area contributed by atoms with E-state index in [1.54, 1.807) is 6.20 Å². The summed E-state index contributed by atoms with van der Waals surface area (Å²) >= 11 is 0. The Balaban J connectivity index is 1.51. The molecule has 3 aliphatic carbocycles. The van der Waals surface area contributed by atoms with E-state index in [4.69, 9.17) is 0 Å². The van der Waals surface area contributed by atoms with Crippen molar-refractivity contribution < 1.29 is 4.79 Å². The Morgan fingerprint density at radius 3 is 2.91 bits per heavy atom. The largest absolute Gasteiger partial charge is 0.324 e. The zero-order valence-corrected chi connectivity index (χ0v) is 13.7. The van der Waals surface area contributed by atoms with Crippen LogP contribution in [-0.2, 0) is 4.79 Å². The summed E-state index contributed by atoms with van der Waals surface area (Å²) in [6, 6.07) is 9.82. The molecule has 1 amide bonds. The van der Waals surface area contributed by atoms with E-state index in [1.165, 1.54) is 12.0 Å². The van der Waals surface area contributed by atoms with Crippen LogP contribution in [0.5, 0.6) is 0 Å². The molecular formula is C20H22N2O. The molecule has 23 heavy (non-hydrogen) atoms. The Bertz CT molecular complexity index is 801. The van der Waals surface area contributed by atoms with Gasteiger partial charge in [-0.15, -0.1) is 0 Å². The maximum absolute atomic E-state index is 12.5. The van der Waals surface area contributed by atoms with Crippen molar-refractivity contribution >= 4 is 22.5 Å². The zero-order chi connectivity index (χ0) is 16.0. The van der Waals surface area contributed by atoms with E-state index < -0.39 is 0 Å². The maximum atomic E-state index is 12.5. The molecule has 3 heteroatoms. The first-order valence-corrected chi connectivity index (χ1v) is 8.38. The second kappa shape index (κ2) is 5.19. The molecule has 0 saturated heterocycles. The first kappa shape index (κ1) is 14.4. The topological polar surface area (TPSA) is 42.0 Å². The molecule has 1 saturated carbocycles. The first-order valence-electron chi connectivity index (χ1n) is 8.38. The summed E-state index contributed by atoms with van der Waals surface area (Å²) in [5, 5.41) is 4.10. The number of hydrogen-bond donors (Lipinski definition) is 1. The number of anilines is 1. The van der Waals surface area contributed by atoms with Gasteiger partial charge in [-0.05, 0) is 42.2 Å². The lowest BCUT2D eigenvalue weighted by Gasteiger charge is -2.56. The number of para-hydroxylation sites is 1. The van der Waals surface area contributed by atoms with Crippen LogP contribution in [-0.4, -0.2) is 10.9 Å². The summed E-state index contributed by atoms with van der Waals surface area (Å²) < 4.78 is 0. The van der Waals surface area contributed by atoms with Crippen LogP contribution in [0.15, 0.2) is 48.2 Å². The summed E-state index contributed by atoms with van der Waals surface area (Å²) in [5.74, 6) is 1.45. The minimum Gasteiger partial charge on any atom is -0.324 e. The van der Waals surface area contributed by atoms with Gasteiger partial charge < -0.3 is 5.32 Å². The molecule has 118 valence electrons. The van der Waals surface area contributed by atoms with Crippen LogP contribution in [0.25, 0.3) is 10.9 Å². The SMILES string of the molecule is CC1(C)C2CC=C(CC(=O)Nc3cccc4cccnc34)[C@@H]1C2. The van der Waals surface area contributed by atoms with Crippen molar-refractivity contribution in [3.63, 3.8) is 0 Å². The van der Waals surface area contributed by atoms with Gasteiger partial charge in [-0.1, -0.05) is 43.7 Å². The Hall–Kier alpha value is -2.16. The summed E-state index contributed by atoms with van der Waals surface area (Å²) in [7, 11) is 0. The lowest BCUT2D eigenvalue weighted by atomic mass is 9.48. The van der Waals surface area contributed by atoms with Gasteiger partial charge in [0.2, 0.25) is 5.91 Å². The van der Waals surface area contributed by atoms with Crippen molar-refractivity contribution in [3.05, 3.63) is 48.2 Å². The zero-order valence-electron chi connectivity index (χ0n) is 13.7. The Kier molecular flexibility index (Phi) is 3.26. The van der Waals surface area contributed by atoms with E-state index in [2.05, 4.69) is 30.2 Å². The predicted molar refractivity (Wildman–Crippen MR) is 93.1 cm³/mol. The summed E-state index contributed by atoms with van der Waals surface area (Å²) in [4.78, 5) is 16.9. The number of pyridine rings is 1. The number of carbonyl (C=O) groups excluding carboxylic acids is 1. The van der Waals surface area contributed by atoms with Gasteiger partial charge in [0.05, 0.1) is 11.2 Å². The number of hydrogen-bond acceptors (Lipinski definition) is 2. The lowest BCUT2D eigenvalue weighted by molar-refractivity contribution is -0.116. The van der Waals surface area contributed by atoms with E-state index in [0.29, 0.717) is 17.8 Å². The normalized spacial score (nSPS) is 24.7. The highest BCUT2D eigenvalue weighted by molar-refractivity contribution is 6.00. The van der Waals surface area contributed by atoms with Gasteiger partial charge in [0.25, 0.3) is 0 Å². The van der Waals surface area contributed by atoms with E-state index in [0.717, 1.165) is 28.9 Å². The number of aromatic nitrogens is 1. The average Bonchev–Trinajstić information content (AvgIpc) is 2.55. The number of nitrogens with one attached hydrogen (secondary N) is 1. The monoisotopic (exact) mass is 306 g/mol. The smallest absolute Gasteiger partial charge is 0.228 e. The molecule has 5 rings (SSSR count). The molecule has 1 aromatic heterocycles. The fraction of sp³-hybridized carbons (Fsp3) is 0.400. The van der Waals surface area contributed by atoms with Crippen LogP contribution in [0.1, 0.15) is 33.1 Å². The molecule has 3 nitrogen and oxygen atoms in total. The number of nitrogens with zero attached hydrogens (tertiary/aromatic N) is 1. The molecule has 1 aromatic carbocycles. The summed E-state index contributed by atoms with van der Waals surface area (Å²) in [6.45, 7) is 4.68. The fourth-order valence-corrected chi connectivity index (χ4v) is 4.26. The molecule has 1 N–H and O–H groups in total. The van der Waals surface area contributed by atoms with E-state index in [9.17, 15) is 4.79 Å². The maximum Gasteiger partial charge on any atom is 0.228 e. The third kappa shape index (κ3) is 2.35. The van der Waals surface area contributed by atoms with Crippen molar-refractivity contribution in [2.24, 2.45) is 17.3 Å². The number of fused-ring (bicyclic) bond motifs is 2. The minimum absolute atomic E-state index is 0.0653. The molecule has 0 aliphatic heterocycles. The Morgan fingerprint density at radius 1 is 1.30 bits per heavy atom. The minimum atomic E-state index is 0.0653. The van der Waals surface area contributed by atoms with Crippen LogP contribution in [0.3, 0.4) is 0 Å². The van der Waals surface area contributed by atoms with Gasteiger partial charge in [0, 0.05) is 18.0 Å². The van der Waals surface area contributed by atoms with Gasteiger partial charge in [-0.3, -0.25) is 9.78 Å². The highest BCUT2D eigenvalue weighted by Crippen LogP contribution is 2.59. The molecule has 1 heterocycles. The average molecular weight is 306 g/mol. The molecule has 3 aliphatic rings. The molecule has 2 bridgehead atoms. The summed E-state index contributed by atoms with van der Waals surface area (Å²) in [5.41, 5.74) is 3.34. The number of benzene rings is 1. The quantitative estimate of drug-likeness (QED) is 0.845. The second-order valence-electron chi connectivity index (χ2n) is 7.43. The van der Waals surface area contributed by atoms with Gasteiger partial charge in [-0.2, -0.15) is 0 Å². The van der Waals surface area contributed by atoms with Crippen LogP contribution in [0.2, 0.25) is 0 Å². The van der Waals surface area contributed by atoms with Crippen molar-refractivity contribution in [2.75, 3.05) is 5.32 Å². The molecule has 2 atom stereocenters. The number of rotatable bonds is 3. The van der Waals surface area contributed by atoms with Crippen molar-refractivity contribution in [1.29, 1.82) is 0 Å². The van der Waals surface area contributed by atoms with Crippen molar-refractivity contribution in [3.8, 4) is 0 Å². The molecule has 2 aromatic rings. The van der Waals surface area contributed by atoms with Gasteiger partial charge >= 0.3 is 0 Å². The van der Waals surface area contributed by atoms with Gasteiger partial charge in [0.1, 0.15) is 0 Å². The third-order valence-corrected chi connectivity index (χ3v) is 5.85. The third-order valence-electron chi connectivity index (χ3n) is 5.85. The molecule has 1 fully saturated rings. The van der Waals surface area contributed by atoms with Crippen LogP contribution in [0, 0.1) is 17.3 Å². The lowest BCUT2D eigenvalue weighted by Crippen LogP contribution is -2.48. The number of carbonyl (C=O) groups is 1. The fourth-order valence-electron chi connectivity index (χ4n) is 4.26. The molecular weight excluding hydrogens is 284 g/mol. The van der Waals surface area contributed by atoms with Gasteiger partial charge in [0.15, 0.2) is 0 Å². The highest BCUT2D eigenvalue weighted by Gasteiger charge is 2.51. The van der Waals surface area contributed by atoms with E-state index in [1.807, 2.05) is 30.3 Å². The van der Waals surface area contributed by atoms with Crippen LogP contribution in [0.4, 0.5) is 5.69 Å². The highest BCUT2D eigenvalue weighted by atomic mass is 16.1. The first-order chi connectivity index (χ1) is 11.1. The number of amides is 1. The van der Waals surface area contributed by atoms with E-state index >= 15 is 0 Å². The van der Waals surface area contributed by atoms with E-state index in [-0.39, 0.29) is 5.91 Å².